The molecule has 0 saturated carbocycles. The minimum absolute atomic E-state index is 0.124. The lowest BCUT2D eigenvalue weighted by Crippen LogP contribution is -2.09. The van der Waals surface area contributed by atoms with E-state index in [2.05, 4.69) is 15.9 Å². The summed E-state index contributed by atoms with van der Waals surface area (Å²) in [4.78, 5) is 11.6. The van der Waals surface area contributed by atoms with Crippen molar-refractivity contribution in [2.24, 2.45) is 0 Å². The van der Waals surface area contributed by atoms with Crippen LogP contribution in [0.2, 0.25) is 0 Å². The standard InChI is InChI=1S/C11H10BrNO/c1-8(12)11(14)9-5-7-13-6-3-2-4-10(9)13/h2-8H,1H3/t8-/m0/s1. The molecule has 0 unspecified atom stereocenters. The third kappa shape index (κ3) is 1.48. The Balaban J connectivity index is 2.58. The van der Waals surface area contributed by atoms with Crippen molar-refractivity contribution < 1.29 is 4.79 Å². The Bertz CT molecular complexity index is 473. The summed E-state index contributed by atoms with van der Waals surface area (Å²) in [5.41, 5.74) is 1.73. The van der Waals surface area contributed by atoms with Gasteiger partial charge in [0.2, 0.25) is 0 Å². The Morgan fingerprint density at radius 2 is 2.14 bits per heavy atom. The van der Waals surface area contributed by atoms with Crippen molar-refractivity contribution in [2.75, 3.05) is 0 Å². The molecule has 0 aliphatic heterocycles. The van der Waals surface area contributed by atoms with Crippen LogP contribution in [-0.2, 0) is 0 Å². The van der Waals surface area contributed by atoms with Crippen LogP contribution in [0.25, 0.3) is 5.52 Å². The SMILES string of the molecule is C[C@H](Br)C(=O)c1ccn2ccccc12. The fraction of sp³-hybridized carbons (Fsp3) is 0.182. The van der Waals surface area contributed by atoms with Gasteiger partial charge in [0.1, 0.15) is 0 Å². The van der Waals surface area contributed by atoms with Gasteiger partial charge in [-0.25, -0.2) is 0 Å². The number of halogens is 1. The number of alkyl halides is 1. The van der Waals surface area contributed by atoms with Crippen molar-refractivity contribution in [1.29, 1.82) is 0 Å². The highest BCUT2D eigenvalue weighted by Gasteiger charge is 2.15. The average Bonchev–Trinajstić information content (AvgIpc) is 2.60. The first-order valence-electron chi connectivity index (χ1n) is 4.44. The van der Waals surface area contributed by atoms with Crippen molar-refractivity contribution in [3.63, 3.8) is 0 Å². The normalized spacial score (nSPS) is 13.0. The Morgan fingerprint density at radius 1 is 1.36 bits per heavy atom. The Kier molecular flexibility index (Phi) is 2.42. The van der Waals surface area contributed by atoms with Gasteiger partial charge in [-0.05, 0) is 25.1 Å². The van der Waals surface area contributed by atoms with Crippen molar-refractivity contribution in [1.82, 2.24) is 4.40 Å². The zero-order valence-electron chi connectivity index (χ0n) is 7.77. The third-order valence-electron chi connectivity index (χ3n) is 2.19. The molecule has 0 bridgehead atoms. The van der Waals surface area contributed by atoms with Crippen LogP contribution in [-0.4, -0.2) is 15.0 Å². The van der Waals surface area contributed by atoms with E-state index >= 15 is 0 Å². The predicted molar refractivity (Wildman–Crippen MR) is 60.1 cm³/mol. The average molecular weight is 252 g/mol. The van der Waals surface area contributed by atoms with Crippen molar-refractivity contribution in [3.8, 4) is 0 Å². The molecule has 14 heavy (non-hydrogen) atoms. The van der Waals surface area contributed by atoms with E-state index in [1.165, 1.54) is 0 Å². The maximum absolute atomic E-state index is 11.8. The lowest BCUT2D eigenvalue weighted by Gasteiger charge is -2.01. The molecule has 0 saturated heterocycles. The maximum Gasteiger partial charge on any atom is 0.178 e. The minimum atomic E-state index is -0.131. The fourth-order valence-corrected chi connectivity index (χ4v) is 1.72. The molecule has 0 aliphatic carbocycles. The molecule has 1 atom stereocenters. The third-order valence-corrected chi connectivity index (χ3v) is 2.61. The van der Waals surface area contributed by atoms with Gasteiger partial charge < -0.3 is 4.40 Å². The number of carbonyl (C=O) groups is 1. The van der Waals surface area contributed by atoms with Gasteiger partial charge in [0, 0.05) is 18.0 Å². The summed E-state index contributed by atoms with van der Waals surface area (Å²) in [7, 11) is 0. The van der Waals surface area contributed by atoms with Crippen molar-refractivity contribution in [3.05, 3.63) is 42.2 Å². The smallest absolute Gasteiger partial charge is 0.178 e. The molecule has 2 heterocycles. The largest absolute Gasteiger partial charge is 0.323 e. The molecule has 0 aliphatic rings. The van der Waals surface area contributed by atoms with Gasteiger partial charge in [0.05, 0.1) is 10.3 Å². The van der Waals surface area contributed by atoms with Gasteiger partial charge in [-0.2, -0.15) is 0 Å². The second-order valence-corrected chi connectivity index (χ2v) is 4.58. The lowest BCUT2D eigenvalue weighted by molar-refractivity contribution is 0.0997. The van der Waals surface area contributed by atoms with Gasteiger partial charge in [0.25, 0.3) is 0 Å². The van der Waals surface area contributed by atoms with Crippen LogP contribution < -0.4 is 0 Å². The van der Waals surface area contributed by atoms with Gasteiger partial charge in [0.15, 0.2) is 5.78 Å². The Labute approximate surface area is 90.7 Å². The number of hydrogen-bond acceptors (Lipinski definition) is 1. The van der Waals surface area contributed by atoms with E-state index in [1.54, 1.807) is 0 Å². The van der Waals surface area contributed by atoms with Gasteiger partial charge in [-0.1, -0.05) is 22.0 Å². The minimum Gasteiger partial charge on any atom is -0.323 e. The number of carbonyl (C=O) groups excluding carboxylic acids is 1. The molecule has 2 aromatic rings. The highest BCUT2D eigenvalue weighted by Crippen LogP contribution is 2.16. The van der Waals surface area contributed by atoms with Crippen LogP contribution in [0.4, 0.5) is 0 Å². The Hall–Kier alpha value is -1.09. The molecular formula is C11H10BrNO. The van der Waals surface area contributed by atoms with E-state index in [0.29, 0.717) is 0 Å². The number of nitrogens with zero attached hydrogens (tertiary/aromatic N) is 1. The molecule has 2 rings (SSSR count). The van der Waals surface area contributed by atoms with Crippen molar-refractivity contribution in [2.45, 2.75) is 11.8 Å². The lowest BCUT2D eigenvalue weighted by atomic mass is 10.1. The molecule has 2 nitrogen and oxygen atoms in total. The van der Waals surface area contributed by atoms with E-state index < -0.39 is 0 Å². The van der Waals surface area contributed by atoms with Crippen LogP contribution in [0, 0.1) is 0 Å². The summed E-state index contributed by atoms with van der Waals surface area (Å²) in [5, 5.41) is 0. The maximum atomic E-state index is 11.8. The van der Waals surface area contributed by atoms with E-state index in [9.17, 15) is 4.79 Å². The quantitative estimate of drug-likeness (QED) is 0.594. The fourth-order valence-electron chi connectivity index (χ4n) is 1.48. The van der Waals surface area contributed by atoms with Gasteiger partial charge in [-0.15, -0.1) is 0 Å². The highest BCUT2D eigenvalue weighted by molar-refractivity contribution is 9.10. The number of pyridine rings is 1. The molecular weight excluding hydrogens is 242 g/mol. The van der Waals surface area contributed by atoms with Crippen LogP contribution in [0.3, 0.4) is 0 Å². The first-order valence-corrected chi connectivity index (χ1v) is 5.35. The summed E-state index contributed by atoms with van der Waals surface area (Å²) in [6.45, 7) is 1.84. The van der Waals surface area contributed by atoms with Gasteiger partial charge in [-0.3, -0.25) is 4.79 Å². The summed E-state index contributed by atoms with van der Waals surface area (Å²) >= 11 is 3.29. The second kappa shape index (κ2) is 3.58. The van der Waals surface area contributed by atoms with E-state index in [-0.39, 0.29) is 10.6 Å². The molecule has 0 amide bonds. The molecule has 2 aromatic heterocycles. The Morgan fingerprint density at radius 3 is 2.86 bits per heavy atom. The topological polar surface area (TPSA) is 21.5 Å². The molecule has 0 fully saturated rings. The number of ketones is 1. The number of aromatic nitrogens is 1. The van der Waals surface area contributed by atoms with Crippen LogP contribution in [0.15, 0.2) is 36.7 Å². The van der Waals surface area contributed by atoms with Crippen LogP contribution >= 0.6 is 15.9 Å². The molecule has 3 heteroatoms. The molecule has 0 radical (unpaired) electrons. The number of rotatable bonds is 2. The number of hydrogen-bond donors (Lipinski definition) is 0. The first kappa shape index (κ1) is 9.46. The monoisotopic (exact) mass is 251 g/mol. The summed E-state index contributed by atoms with van der Waals surface area (Å²) in [5.74, 6) is 0.124. The van der Waals surface area contributed by atoms with E-state index in [1.807, 2.05) is 48.0 Å². The summed E-state index contributed by atoms with van der Waals surface area (Å²) in [6.07, 6.45) is 3.84. The number of Topliss-reactive ketones (excluding diaryl/α,β-unsaturated/α-hetero) is 1. The molecule has 72 valence electrons. The van der Waals surface area contributed by atoms with E-state index in [0.717, 1.165) is 11.1 Å². The second-order valence-electron chi connectivity index (χ2n) is 3.20. The molecule has 0 spiro atoms. The first-order chi connectivity index (χ1) is 6.70. The van der Waals surface area contributed by atoms with Crippen LogP contribution in [0.5, 0.6) is 0 Å². The summed E-state index contributed by atoms with van der Waals surface area (Å²) in [6, 6.07) is 7.68. The van der Waals surface area contributed by atoms with Crippen LogP contribution in [0.1, 0.15) is 17.3 Å². The predicted octanol–water partition coefficient (Wildman–Crippen LogP) is 2.91. The highest BCUT2D eigenvalue weighted by atomic mass is 79.9. The zero-order chi connectivity index (χ0) is 10.1. The zero-order valence-corrected chi connectivity index (χ0v) is 9.36. The van der Waals surface area contributed by atoms with Gasteiger partial charge >= 0.3 is 0 Å². The van der Waals surface area contributed by atoms with Crippen molar-refractivity contribution >= 4 is 27.2 Å². The summed E-state index contributed by atoms with van der Waals surface area (Å²) < 4.78 is 1.95. The van der Waals surface area contributed by atoms with E-state index in [4.69, 9.17) is 0 Å². The molecule has 0 aromatic carbocycles. The molecule has 0 N–H and O–H groups in total. The number of fused-ring (bicyclic) bond motifs is 1.